The van der Waals surface area contributed by atoms with Gasteiger partial charge >= 0.3 is 0 Å². The number of aryl methyl sites for hydroxylation is 2. The van der Waals surface area contributed by atoms with Gasteiger partial charge in [0.1, 0.15) is 18.1 Å². The lowest BCUT2D eigenvalue weighted by Gasteiger charge is -2.15. The van der Waals surface area contributed by atoms with Crippen molar-refractivity contribution >= 4 is 5.91 Å². The molecule has 0 bridgehead atoms. The minimum absolute atomic E-state index is 0.0800. The molecular weight excluding hydrogens is 364 g/mol. The number of ether oxygens (including phenoxy) is 1. The lowest BCUT2D eigenvalue weighted by atomic mass is 9.95. The third kappa shape index (κ3) is 4.20. The molecule has 2 aromatic carbocycles. The number of hydrogen-bond donors (Lipinski definition) is 1. The minimum Gasteiger partial charge on any atom is -0.485 e. The number of amides is 1. The van der Waals surface area contributed by atoms with Crippen molar-refractivity contribution in [3.05, 3.63) is 88.9 Å². The predicted molar refractivity (Wildman–Crippen MR) is 112 cm³/mol. The third-order valence-electron chi connectivity index (χ3n) is 5.45. The Morgan fingerprint density at radius 1 is 1.10 bits per heavy atom. The van der Waals surface area contributed by atoms with E-state index in [-0.39, 0.29) is 24.5 Å². The summed E-state index contributed by atoms with van der Waals surface area (Å²) in [5, 5.41) is 0. The van der Waals surface area contributed by atoms with Crippen LogP contribution in [-0.4, -0.2) is 29.9 Å². The van der Waals surface area contributed by atoms with Crippen LogP contribution in [0.1, 0.15) is 38.9 Å². The molecule has 2 N–H and O–H groups in total. The highest BCUT2D eigenvalue weighted by atomic mass is 16.5. The zero-order valence-corrected chi connectivity index (χ0v) is 16.8. The second-order valence-corrected chi connectivity index (χ2v) is 7.71. The Hall–Kier alpha value is -3.05. The summed E-state index contributed by atoms with van der Waals surface area (Å²) >= 11 is 0. The minimum atomic E-state index is -0.128. The van der Waals surface area contributed by atoms with Crippen molar-refractivity contribution in [2.75, 3.05) is 13.1 Å². The van der Waals surface area contributed by atoms with Crippen LogP contribution in [0, 0.1) is 13.8 Å². The quantitative estimate of drug-likeness (QED) is 0.714. The van der Waals surface area contributed by atoms with E-state index >= 15 is 0 Å². The van der Waals surface area contributed by atoms with Gasteiger partial charge in [0.05, 0.1) is 0 Å². The fourth-order valence-electron chi connectivity index (χ4n) is 3.88. The highest BCUT2D eigenvalue weighted by Gasteiger charge is 2.35. The van der Waals surface area contributed by atoms with Gasteiger partial charge in [-0.05, 0) is 43.2 Å². The van der Waals surface area contributed by atoms with Crippen LogP contribution in [0.4, 0.5) is 0 Å². The molecule has 0 saturated carbocycles. The van der Waals surface area contributed by atoms with Crippen molar-refractivity contribution in [2.24, 2.45) is 5.73 Å². The Morgan fingerprint density at radius 3 is 2.66 bits per heavy atom. The van der Waals surface area contributed by atoms with Crippen LogP contribution in [0.5, 0.6) is 5.75 Å². The second-order valence-electron chi connectivity index (χ2n) is 7.71. The summed E-state index contributed by atoms with van der Waals surface area (Å²) in [6, 6.07) is 19.6. The van der Waals surface area contributed by atoms with Gasteiger partial charge in [-0.2, -0.15) is 0 Å². The predicted octanol–water partition coefficient (Wildman–Crippen LogP) is 4.04. The van der Waals surface area contributed by atoms with E-state index < -0.39 is 0 Å². The summed E-state index contributed by atoms with van der Waals surface area (Å²) < 4.78 is 11.6. The summed E-state index contributed by atoms with van der Waals surface area (Å²) in [5.74, 6) is 1.77. The van der Waals surface area contributed by atoms with Gasteiger partial charge in [0.2, 0.25) is 0 Å². The van der Waals surface area contributed by atoms with Crippen LogP contribution in [0.3, 0.4) is 0 Å². The number of nitrogens with zero attached hydrogens (tertiary/aromatic N) is 1. The van der Waals surface area contributed by atoms with Crippen molar-refractivity contribution in [3.63, 3.8) is 0 Å². The summed E-state index contributed by atoms with van der Waals surface area (Å²) in [7, 11) is 0. The van der Waals surface area contributed by atoms with Gasteiger partial charge in [0.25, 0.3) is 5.91 Å². The van der Waals surface area contributed by atoms with Crippen LogP contribution in [-0.2, 0) is 6.61 Å². The molecule has 3 aromatic rings. The number of benzene rings is 2. The van der Waals surface area contributed by atoms with E-state index in [0.29, 0.717) is 24.6 Å². The van der Waals surface area contributed by atoms with Gasteiger partial charge in [0.15, 0.2) is 5.76 Å². The number of rotatable bonds is 5. The highest BCUT2D eigenvalue weighted by molar-refractivity contribution is 5.91. The summed E-state index contributed by atoms with van der Waals surface area (Å²) in [5.41, 5.74) is 9.75. The van der Waals surface area contributed by atoms with Crippen LogP contribution >= 0.6 is 0 Å². The van der Waals surface area contributed by atoms with Gasteiger partial charge in [-0.1, -0.05) is 48.0 Å². The van der Waals surface area contributed by atoms with Crippen LogP contribution in [0.15, 0.2) is 65.1 Å². The van der Waals surface area contributed by atoms with Gasteiger partial charge < -0.3 is 19.8 Å². The monoisotopic (exact) mass is 390 g/mol. The summed E-state index contributed by atoms with van der Waals surface area (Å²) in [4.78, 5) is 14.7. The summed E-state index contributed by atoms with van der Waals surface area (Å²) in [6.07, 6.45) is 0. The molecule has 1 aliphatic heterocycles. The largest absolute Gasteiger partial charge is 0.485 e. The first kappa shape index (κ1) is 19.3. The van der Waals surface area contributed by atoms with Crippen LogP contribution in [0.25, 0.3) is 0 Å². The van der Waals surface area contributed by atoms with E-state index in [9.17, 15) is 4.79 Å². The second kappa shape index (κ2) is 8.13. The molecular formula is C24H26N2O3. The lowest BCUT2D eigenvalue weighted by Crippen LogP contribution is -2.32. The zero-order chi connectivity index (χ0) is 20.4. The van der Waals surface area contributed by atoms with Crippen molar-refractivity contribution < 1.29 is 13.9 Å². The average molecular weight is 390 g/mol. The van der Waals surface area contributed by atoms with Crippen LogP contribution in [0.2, 0.25) is 0 Å². The Bertz CT molecular complexity index is 996. The first-order valence-corrected chi connectivity index (χ1v) is 9.90. The smallest absolute Gasteiger partial charge is 0.289 e. The lowest BCUT2D eigenvalue weighted by molar-refractivity contribution is 0.0753. The maximum absolute atomic E-state index is 12.9. The molecule has 0 unspecified atom stereocenters. The zero-order valence-electron chi connectivity index (χ0n) is 16.8. The fraction of sp³-hybridized carbons (Fsp3) is 0.292. The van der Waals surface area contributed by atoms with Crippen LogP contribution < -0.4 is 10.5 Å². The van der Waals surface area contributed by atoms with Crippen molar-refractivity contribution in [1.82, 2.24) is 4.90 Å². The van der Waals surface area contributed by atoms with Gasteiger partial charge in [-0.25, -0.2) is 0 Å². The summed E-state index contributed by atoms with van der Waals surface area (Å²) in [6.45, 7) is 5.46. The Morgan fingerprint density at radius 2 is 1.90 bits per heavy atom. The number of carbonyl (C=O) groups is 1. The Kier molecular flexibility index (Phi) is 5.41. The Labute approximate surface area is 171 Å². The van der Waals surface area contributed by atoms with E-state index in [0.717, 1.165) is 16.9 Å². The molecule has 0 spiro atoms. The van der Waals surface area contributed by atoms with E-state index in [1.165, 1.54) is 5.56 Å². The molecule has 29 heavy (non-hydrogen) atoms. The maximum Gasteiger partial charge on any atom is 0.289 e. The topological polar surface area (TPSA) is 68.7 Å². The molecule has 1 fully saturated rings. The van der Waals surface area contributed by atoms with Crippen molar-refractivity contribution in [2.45, 2.75) is 32.4 Å². The standard InChI is InChI=1S/C24H26N2O3/c1-16-8-10-22(17(2)12-16)28-15-19-9-11-23(29-19)24(27)26-13-20(21(25)14-26)18-6-4-3-5-7-18/h3-12,20-21H,13-15,25H2,1-2H3/t20-,21+/m0/s1. The first-order chi connectivity index (χ1) is 14.0. The number of hydrogen-bond acceptors (Lipinski definition) is 4. The third-order valence-corrected chi connectivity index (χ3v) is 5.45. The fourth-order valence-corrected chi connectivity index (χ4v) is 3.88. The highest BCUT2D eigenvalue weighted by Crippen LogP contribution is 2.28. The molecule has 1 aliphatic rings. The molecule has 4 rings (SSSR count). The van der Waals surface area contributed by atoms with Gasteiger partial charge in [0, 0.05) is 25.0 Å². The van der Waals surface area contributed by atoms with Gasteiger partial charge in [-0.15, -0.1) is 0 Å². The van der Waals surface area contributed by atoms with E-state index in [4.69, 9.17) is 14.9 Å². The molecule has 150 valence electrons. The first-order valence-electron chi connectivity index (χ1n) is 9.90. The SMILES string of the molecule is Cc1ccc(OCc2ccc(C(=O)N3C[C@@H](N)[C@H](c4ccccc4)C3)o2)c(C)c1. The van der Waals surface area contributed by atoms with Crippen molar-refractivity contribution in [3.8, 4) is 5.75 Å². The molecule has 0 radical (unpaired) electrons. The average Bonchev–Trinajstić information content (AvgIpc) is 3.34. The molecule has 0 aliphatic carbocycles. The van der Waals surface area contributed by atoms with E-state index in [1.807, 2.05) is 44.2 Å². The van der Waals surface area contributed by atoms with E-state index in [2.05, 4.69) is 18.2 Å². The molecule has 1 saturated heterocycles. The number of furan rings is 1. The molecule has 2 atom stereocenters. The molecule has 2 heterocycles. The molecule has 1 aromatic heterocycles. The van der Waals surface area contributed by atoms with Crippen molar-refractivity contribution in [1.29, 1.82) is 0 Å². The number of carbonyl (C=O) groups excluding carboxylic acids is 1. The number of nitrogens with two attached hydrogens (primary N) is 1. The molecule has 1 amide bonds. The number of likely N-dealkylation sites (tertiary alicyclic amines) is 1. The maximum atomic E-state index is 12.9. The normalized spacial score (nSPS) is 18.8. The molecule has 5 nitrogen and oxygen atoms in total. The van der Waals surface area contributed by atoms with E-state index in [1.54, 1.807) is 17.0 Å². The van der Waals surface area contributed by atoms with Gasteiger partial charge in [-0.3, -0.25) is 4.79 Å². The molecule has 5 heteroatoms. The Balaban J connectivity index is 1.39.